The number of rotatable bonds is 5. The Morgan fingerprint density at radius 3 is 0.897 bits per heavy atom. The van der Waals surface area contributed by atoms with Gasteiger partial charge >= 0.3 is 0 Å². The summed E-state index contributed by atoms with van der Waals surface area (Å²) in [7, 11) is 0. The SMILES string of the molecule is Oc1ccc([C@H]2c3c(O)cc(O)cc3[C@@H]3c4c(cc(O)cc4[C@H]2[C@H]2c4cc(O)cc5c4[C@@H](c4cc(O)cc(O)c4[C@H]2c2ccc(O)cc2)[C@H](c2ccc(O)cc2)O5)O[C@H]3c2ccc(O)cc2)cc1. The van der Waals surface area contributed by atoms with Crippen molar-refractivity contribution in [1.82, 2.24) is 0 Å². The quantitative estimate of drug-likeness (QED) is 0.0780. The summed E-state index contributed by atoms with van der Waals surface area (Å²) < 4.78 is 13.7. The molecule has 12 rings (SSSR count). The third-order valence-corrected chi connectivity index (χ3v) is 14.5. The molecule has 12 nitrogen and oxygen atoms in total. The number of phenols is 10. The van der Waals surface area contributed by atoms with Crippen LogP contribution in [0, 0.1) is 0 Å². The second kappa shape index (κ2) is 14.9. The Hall–Kier alpha value is -8.64. The fourth-order valence-corrected chi connectivity index (χ4v) is 12.0. The Bertz CT molecular complexity index is 3110. The number of phenolic OH excluding ortho intramolecular Hbond substituents is 10. The van der Waals surface area contributed by atoms with Crippen molar-refractivity contribution < 1.29 is 60.5 Å². The van der Waals surface area contributed by atoms with Gasteiger partial charge in [-0.15, -0.1) is 0 Å². The van der Waals surface area contributed by atoms with E-state index in [2.05, 4.69) is 0 Å². The lowest BCUT2D eigenvalue weighted by molar-refractivity contribution is 0.221. The minimum Gasteiger partial charge on any atom is -0.508 e. The molecular formula is C56H42O12. The van der Waals surface area contributed by atoms with E-state index in [4.69, 9.17) is 9.47 Å². The Balaban J connectivity index is 1.25. The summed E-state index contributed by atoms with van der Waals surface area (Å²) in [5.74, 6) is -5.69. The van der Waals surface area contributed by atoms with E-state index in [0.29, 0.717) is 78.3 Å². The van der Waals surface area contributed by atoms with Gasteiger partial charge in [0.05, 0.1) is 11.8 Å². The van der Waals surface area contributed by atoms with Gasteiger partial charge in [0.2, 0.25) is 0 Å². The van der Waals surface area contributed by atoms with Crippen LogP contribution in [0.15, 0.2) is 146 Å². The van der Waals surface area contributed by atoms with Crippen molar-refractivity contribution >= 4 is 0 Å². The molecule has 0 radical (unpaired) electrons. The number of hydrogen-bond acceptors (Lipinski definition) is 12. The predicted octanol–water partition coefficient (Wildman–Crippen LogP) is 10.4. The summed E-state index contributed by atoms with van der Waals surface area (Å²) in [5.41, 5.74) is 6.75. The minimum absolute atomic E-state index is 0.0182. The third-order valence-electron chi connectivity index (χ3n) is 14.5. The van der Waals surface area contributed by atoms with Crippen LogP contribution in [0.5, 0.6) is 69.0 Å². The van der Waals surface area contributed by atoms with Gasteiger partial charge in [0.1, 0.15) is 81.2 Å². The molecule has 8 aromatic carbocycles. The molecule has 0 aromatic heterocycles. The lowest BCUT2D eigenvalue weighted by atomic mass is 9.62. The molecule has 0 bridgehead atoms. The summed E-state index contributed by atoms with van der Waals surface area (Å²) in [6.07, 6.45) is -1.62. The number of benzene rings is 8. The van der Waals surface area contributed by atoms with Crippen molar-refractivity contribution in [2.24, 2.45) is 0 Å². The van der Waals surface area contributed by atoms with E-state index in [0.717, 1.165) is 0 Å². The van der Waals surface area contributed by atoms with Crippen LogP contribution in [-0.4, -0.2) is 51.1 Å². The normalized spacial score (nSPS) is 22.6. The molecule has 0 amide bonds. The van der Waals surface area contributed by atoms with Crippen LogP contribution in [-0.2, 0) is 0 Å². The first kappa shape index (κ1) is 40.8. The van der Waals surface area contributed by atoms with Crippen LogP contribution >= 0.6 is 0 Å². The highest BCUT2D eigenvalue weighted by molar-refractivity contribution is 5.71. The van der Waals surface area contributed by atoms with Gasteiger partial charge in [0.15, 0.2) is 0 Å². The number of ether oxygens (including phenoxy) is 2. The zero-order valence-corrected chi connectivity index (χ0v) is 35.8. The van der Waals surface area contributed by atoms with Crippen molar-refractivity contribution in [1.29, 1.82) is 0 Å². The average Bonchev–Trinajstić information content (AvgIpc) is 3.81. The zero-order valence-electron chi connectivity index (χ0n) is 35.8. The molecule has 4 aliphatic rings. The van der Waals surface area contributed by atoms with Crippen LogP contribution < -0.4 is 9.47 Å². The highest BCUT2D eigenvalue weighted by atomic mass is 16.5. The molecule has 0 fully saturated rings. The topological polar surface area (TPSA) is 221 Å². The lowest BCUT2D eigenvalue weighted by Gasteiger charge is -2.40. The second-order valence-corrected chi connectivity index (χ2v) is 18.2. The minimum atomic E-state index is -0.918. The maximum atomic E-state index is 12.5. The van der Waals surface area contributed by atoms with E-state index in [1.54, 1.807) is 121 Å². The standard InChI is InChI=1S/C56H42O12/c57-29-9-1-25(2-10-29)45-47-37(17-33(61)21-41(47)65)53-49-39(19-35(63)23-43(49)67-55(53)27-5-13-31(59)14-6-27)51(45)52-40-20-36(64)24-44-50(40)54(56(68-44)28-7-15-32(60)16-8-28)38-18-34(62)22-42(66)48(38)46(52)26-3-11-30(58)12-4-26/h1-24,45-46,51-66H/t45-,46+,51+,52-,53-,54-,55+,56+/m1/s1. The molecule has 338 valence electrons. The molecule has 8 aromatic rings. The lowest BCUT2D eigenvalue weighted by Crippen LogP contribution is -2.26. The molecule has 0 saturated heterocycles. The fourth-order valence-electron chi connectivity index (χ4n) is 12.0. The second-order valence-electron chi connectivity index (χ2n) is 18.2. The highest BCUT2D eigenvalue weighted by Gasteiger charge is 2.55. The fraction of sp³-hybridized carbons (Fsp3) is 0.143. The van der Waals surface area contributed by atoms with Crippen molar-refractivity contribution in [2.45, 2.75) is 47.7 Å². The Morgan fingerprint density at radius 1 is 0.265 bits per heavy atom. The van der Waals surface area contributed by atoms with Gasteiger partial charge in [-0.25, -0.2) is 0 Å². The molecule has 0 saturated carbocycles. The average molecular weight is 907 g/mol. The molecule has 0 spiro atoms. The van der Waals surface area contributed by atoms with Crippen molar-refractivity contribution in [2.75, 3.05) is 0 Å². The third kappa shape index (κ3) is 6.20. The number of fused-ring (bicyclic) bond motifs is 4. The van der Waals surface area contributed by atoms with Crippen molar-refractivity contribution in [3.63, 3.8) is 0 Å². The van der Waals surface area contributed by atoms with E-state index < -0.39 is 47.7 Å². The van der Waals surface area contributed by atoms with Gasteiger partial charge in [0.25, 0.3) is 0 Å². The number of hydrogen-bond donors (Lipinski definition) is 10. The summed E-state index contributed by atoms with van der Waals surface area (Å²) in [4.78, 5) is 0. The Kier molecular flexibility index (Phi) is 8.97. The predicted molar refractivity (Wildman–Crippen MR) is 248 cm³/mol. The largest absolute Gasteiger partial charge is 0.508 e. The molecule has 68 heavy (non-hydrogen) atoms. The monoisotopic (exact) mass is 906 g/mol. The van der Waals surface area contributed by atoms with Crippen LogP contribution in [0.3, 0.4) is 0 Å². The molecular weight excluding hydrogens is 865 g/mol. The van der Waals surface area contributed by atoms with Crippen LogP contribution in [0.25, 0.3) is 0 Å². The molecule has 0 unspecified atom stereocenters. The van der Waals surface area contributed by atoms with Gasteiger partial charge in [-0.3, -0.25) is 0 Å². The van der Waals surface area contributed by atoms with Crippen LogP contribution in [0.1, 0.15) is 114 Å². The van der Waals surface area contributed by atoms with Crippen LogP contribution in [0.4, 0.5) is 0 Å². The molecule has 8 atom stereocenters. The highest BCUT2D eigenvalue weighted by Crippen LogP contribution is 2.69. The smallest absolute Gasteiger partial charge is 0.135 e. The van der Waals surface area contributed by atoms with E-state index in [1.807, 2.05) is 0 Å². The van der Waals surface area contributed by atoms with E-state index >= 15 is 0 Å². The molecule has 12 heteroatoms. The zero-order chi connectivity index (χ0) is 46.9. The maximum Gasteiger partial charge on any atom is 0.135 e. The van der Waals surface area contributed by atoms with Crippen LogP contribution in [0.2, 0.25) is 0 Å². The summed E-state index contributed by atoms with van der Waals surface area (Å²) in [6, 6.07) is 38.4. The molecule has 10 N–H and O–H groups in total. The van der Waals surface area contributed by atoms with Crippen molar-refractivity contribution in [3.05, 3.63) is 212 Å². The van der Waals surface area contributed by atoms with Crippen molar-refractivity contribution in [3.8, 4) is 69.0 Å². The number of aromatic hydroxyl groups is 10. The summed E-state index contributed by atoms with van der Waals surface area (Å²) in [6.45, 7) is 0. The Morgan fingerprint density at radius 2 is 0.559 bits per heavy atom. The summed E-state index contributed by atoms with van der Waals surface area (Å²) >= 11 is 0. The van der Waals surface area contributed by atoms with Gasteiger partial charge in [-0.05, 0) is 117 Å². The maximum absolute atomic E-state index is 12.5. The first-order chi connectivity index (χ1) is 32.8. The first-order valence-corrected chi connectivity index (χ1v) is 22.2. The van der Waals surface area contributed by atoms with Gasteiger partial charge in [-0.2, -0.15) is 0 Å². The van der Waals surface area contributed by atoms with E-state index in [9.17, 15) is 51.1 Å². The van der Waals surface area contributed by atoms with Gasteiger partial charge < -0.3 is 60.5 Å². The van der Waals surface area contributed by atoms with Gasteiger partial charge in [0, 0.05) is 70.2 Å². The Labute approximate surface area is 388 Å². The van der Waals surface area contributed by atoms with E-state index in [1.165, 1.54) is 24.3 Å². The van der Waals surface area contributed by atoms with Gasteiger partial charge in [-0.1, -0.05) is 48.5 Å². The molecule has 2 aliphatic carbocycles. The molecule has 2 aliphatic heterocycles. The first-order valence-electron chi connectivity index (χ1n) is 22.2. The summed E-state index contributed by atoms with van der Waals surface area (Å²) in [5, 5.41) is 114. The molecule has 2 heterocycles. The van der Waals surface area contributed by atoms with E-state index in [-0.39, 0.29) is 57.5 Å².